The van der Waals surface area contributed by atoms with Crippen LogP contribution in [0.5, 0.6) is 0 Å². The molecule has 1 aromatic carbocycles. The van der Waals surface area contributed by atoms with Gasteiger partial charge in [0.2, 0.25) is 0 Å². The number of hydrogen-bond donors (Lipinski definition) is 1. The Morgan fingerprint density at radius 3 is 2.38 bits per heavy atom. The lowest BCUT2D eigenvalue weighted by atomic mass is 10.2. The van der Waals surface area contributed by atoms with E-state index >= 15 is 0 Å². The van der Waals surface area contributed by atoms with E-state index in [0.29, 0.717) is 5.56 Å². The van der Waals surface area contributed by atoms with Crippen LogP contribution >= 0.6 is 0 Å². The summed E-state index contributed by atoms with van der Waals surface area (Å²) in [5.74, 6) is -1.48. The first kappa shape index (κ1) is 12.5. The summed E-state index contributed by atoms with van der Waals surface area (Å²) in [4.78, 5) is 10.9. The van der Waals surface area contributed by atoms with Crippen LogP contribution in [-0.2, 0) is 16.1 Å². The third kappa shape index (κ3) is 3.54. The molecule has 2 N–H and O–H groups in total. The molecule has 0 aliphatic carbocycles. The van der Waals surface area contributed by atoms with Crippen LogP contribution in [0.25, 0.3) is 0 Å². The van der Waals surface area contributed by atoms with E-state index in [0.717, 1.165) is 0 Å². The summed E-state index contributed by atoms with van der Waals surface area (Å²) in [6, 6.07) is 5.79. The Balaban J connectivity index is 2.48. The fourth-order valence-corrected chi connectivity index (χ4v) is 0.952. The molecule has 0 unspecified atom stereocenters. The number of carbonyl (C=O) groups excluding carboxylic acids is 1. The Bertz CT molecular complexity index is 351. The molecule has 0 spiro atoms. The van der Waals surface area contributed by atoms with Crippen LogP contribution in [-0.4, -0.2) is 18.2 Å². The summed E-state index contributed by atoms with van der Waals surface area (Å²) in [5.41, 5.74) is 5.26. The molecule has 0 bridgehead atoms. The number of halogens is 3. The molecule has 6 heteroatoms. The second-order valence-corrected chi connectivity index (χ2v) is 3.11. The third-order valence-corrected chi connectivity index (χ3v) is 1.83. The molecule has 88 valence electrons. The van der Waals surface area contributed by atoms with Gasteiger partial charge in [0, 0.05) is 0 Å². The van der Waals surface area contributed by atoms with Gasteiger partial charge in [-0.3, -0.25) is 0 Å². The lowest BCUT2D eigenvalue weighted by Crippen LogP contribution is -2.45. The van der Waals surface area contributed by atoms with Crippen molar-refractivity contribution in [1.29, 1.82) is 0 Å². The lowest BCUT2D eigenvalue weighted by molar-refractivity contribution is -0.180. The van der Waals surface area contributed by atoms with E-state index < -0.39 is 18.2 Å². The molecule has 0 aromatic heterocycles. The average molecular weight is 233 g/mol. The number of carbonyl (C=O) groups is 1. The number of ether oxygens (including phenoxy) is 1. The summed E-state index contributed by atoms with van der Waals surface area (Å²) in [6.07, 6.45) is -4.77. The quantitative estimate of drug-likeness (QED) is 0.807. The Hall–Kier alpha value is -1.56. The second-order valence-electron chi connectivity index (χ2n) is 3.11. The third-order valence-electron chi connectivity index (χ3n) is 1.83. The molecule has 0 saturated carbocycles. The van der Waals surface area contributed by atoms with Crippen LogP contribution < -0.4 is 5.73 Å². The van der Waals surface area contributed by atoms with Crippen LogP contribution in [0.15, 0.2) is 30.3 Å². The minimum atomic E-state index is -4.77. The van der Waals surface area contributed by atoms with Crippen molar-refractivity contribution in [3.05, 3.63) is 35.9 Å². The minimum Gasteiger partial charge on any atom is -0.459 e. The smallest absolute Gasteiger partial charge is 0.414 e. The molecule has 0 saturated heterocycles. The maximum Gasteiger partial charge on any atom is 0.414 e. The van der Waals surface area contributed by atoms with Crippen LogP contribution in [0.2, 0.25) is 0 Å². The zero-order valence-electron chi connectivity index (χ0n) is 8.20. The van der Waals surface area contributed by atoms with Crippen molar-refractivity contribution in [1.82, 2.24) is 0 Å². The highest BCUT2D eigenvalue weighted by atomic mass is 19.4. The first-order valence-electron chi connectivity index (χ1n) is 4.44. The van der Waals surface area contributed by atoms with E-state index in [9.17, 15) is 18.0 Å². The van der Waals surface area contributed by atoms with E-state index in [-0.39, 0.29) is 6.61 Å². The SMILES string of the molecule is N[C@@H](C(=O)OCc1ccccc1)C(F)(F)F. The second kappa shape index (κ2) is 4.98. The summed E-state index contributed by atoms with van der Waals surface area (Å²) < 4.78 is 40.4. The maximum atomic E-state index is 12.0. The zero-order chi connectivity index (χ0) is 12.2. The van der Waals surface area contributed by atoms with Gasteiger partial charge in [-0.25, -0.2) is 4.79 Å². The van der Waals surface area contributed by atoms with E-state index in [1.54, 1.807) is 30.3 Å². The van der Waals surface area contributed by atoms with Crippen molar-refractivity contribution >= 4 is 5.97 Å². The van der Waals surface area contributed by atoms with E-state index in [1.807, 2.05) is 0 Å². The van der Waals surface area contributed by atoms with Crippen molar-refractivity contribution < 1.29 is 22.7 Å². The van der Waals surface area contributed by atoms with Gasteiger partial charge < -0.3 is 10.5 Å². The molecule has 0 aliphatic rings. The minimum absolute atomic E-state index is 0.219. The molecular weight excluding hydrogens is 223 g/mol. The fraction of sp³-hybridized carbons (Fsp3) is 0.300. The molecule has 1 aromatic rings. The Morgan fingerprint density at radius 1 is 1.31 bits per heavy atom. The number of benzene rings is 1. The molecule has 0 radical (unpaired) electrons. The summed E-state index contributed by atoms with van der Waals surface area (Å²) in [6.45, 7) is -0.219. The largest absolute Gasteiger partial charge is 0.459 e. The van der Waals surface area contributed by atoms with Gasteiger partial charge in [0.05, 0.1) is 0 Å². The summed E-state index contributed by atoms with van der Waals surface area (Å²) in [5, 5.41) is 0. The van der Waals surface area contributed by atoms with E-state index in [1.165, 1.54) is 0 Å². The highest BCUT2D eigenvalue weighted by Gasteiger charge is 2.43. The zero-order valence-corrected chi connectivity index (χ0v) is 8.20. The molecule has 0 aliphatic heterocycles. The average Bonchev–Trinajstić information content (AvgIpc) is 2.25. The lowest BCUT2D eigenvalue weighted by Gasteiger charge is -2.14. The van der Waals surface area contributed by atoms with Crippen LogP contribution in [0, 0.1) is 0 Å². The van der Waals surface area contributed by atoms with Gasteiger partial charge in [-0.2, -0.15) is 13.2 Å². The van der Waals surface area contributed by atoms with Gasteiger partial charge in [-0.15, -0.1) is 0 Å². The number of hydrogen-bond acceptors (Lipinski definition) is 3. The fourth-order valence-electron chi connectivity index (χ4n) is 0.952. The summed E-state index contributed by atoms with van der Waals surface area (Å²) in [7, 11) is 0. The first-order chi connectivity index (χ1) is 7.41. The first-order valence-corrected chi connectivity index (χ1v) is 4.44. The normalized spacial score (nSPS) is 13.2. The number of alkyl halides is 3. The Kier molecular flexibility index (Phi) is 3.89. The van der Waals surface area contributed by atoms with Crippen LogP contribution in [0.1, 0.15) is 5.56 Å². The highest BCUT2D eigenvalue weighted by molar-refractivity contribution is 5.76. The molecular formula is C10H10F3NO2. The number of rotatable bonds is 3. The molecule has 0 heterocycles. The standard InChI is InChI=1S/C10H10F3NO2/c11-10(12,13)8(14)9(15)16-6-7-4-2-1-3-5-7/h1-5,8H,6,14H2/t8-/m0/s1. The van der Waals surface area contributed by atoms with Crippen molar-refractivity contribution in [3.63, 3.8) is 0 Å². The molecule has 1 rings (SSSR count). The molecule has 3 nitrogen and oxygen atoms in total. The Morgan fingerprint density at radius 2 is 1.88 bits per heavy atom. The summed E-state index contributed by atoms with van der Waals surface area (Å²) >= 11 is 0. The molecule has 16 heavy (non-hydrogen) atoms. The van der Waals surface area contributed by atoms with Gasteiger partial charge in [-0.05, 0) is 5.56 Å². The van der Waals surface area contributed by atoms with Gasteiger partial charge in [-0.1, -0.05) is 30.3 Å². The van der Waals surface area contributed by atoms with Crippen LogP contribution in [0.3, 0.4) is 0 Å². The molecule has 1 atom stereocenters. The van der Waals surface area contributed by atoms with E-state index in [4.69, 9.17) is 0 Å². The number of nitrogens with two attached hydrogens (primary N) is 1. The monoisotopic (exact) mass is 233 g/mol. The van der Waals surface area contributed by atoms with Crippen molar-refractivity contribution in [3.8, 4) is 0 Å². The maximum absolute atomic E-state index is 12.0. The van der Waals surface area contributed by atoms with Crippen molar-refractivity contribution in [2.45, 2.75) is 18.8 Å². The molecule has 0 fully saturated rings. The van der Waals surface area contributed by atoms with Crippen LogP contribution in [0.4, 0.5) is 13.2 Å². The van der Waals surface area contributed by atoms with Gasteiger partial charge >= 0.3 is 12.1 Å². The number of esters is 1. The van der Waals surface area contributed by atoms with Gasteiger partial charge in [0.25, 0.3) is 0 Å². The predicted molar refractivity (Wildman–Crippen MR) is 50.3 cm³/mol. The Labute approximate surface area is 90.0 Å². The molecule has 0 amide bonds. The van der Waals surface area contributed by atoms with Gasteiger partial charge in [0.1, 0.15) is 6.61 Å². The van der Waals surface area contributed by atoms with E-state index in [2.05, 4.69) is 10.5 Å². The highest BCUT2D eigenvalue weighted by Crippen LogP contribution is 2.19. The predicted octanol–water partition coefficient (Wildman–Crippen LogP) is 1.62. The van der Waals surface area contributed by atoms with Gasteiger partial charge in [0.15, 0.2) is 6.04 Å². The topological polar surface area (TPSA) is 52.3 Å². The van der Waals surface area contributed by atoms with Crippen molar-refractivity contribution in [2.75, 3.05) is 0 Å². The van der Waals surface area contributed by atoms with Crippen molar-refractivity contribution in [2.24, 2.45) is 5.73 Å².